The molecule has 0 bridgehead atoms. The molecule has 1 amide bonds. The van der Waals surface area contributed by atoms with E-state index < -0.39 is 0 Å². The lowest BCUT2D eigenvalue weighted by Gasteiger charge is -2.23. The van der Waals surface area contributed by atoms with Gasteiger partial charge in [-0.15, -0.1) is 0 Å². The Labute approximate surface area is 155 Å². The fourth-order valence-corrected chi connectivity index (χ4v) is 4.10. The van der Waals surface area contributed by atoms with Crippen LogP contribution >= 0.6 is 0 Å². The van der Waals surface area contributed by atoms with Crippen molar-refractivity contribution in [1.82, 2.24) is 20.4 Å². The minimum atomic E-state index is -0.0993. The Hall–Kier alpha value is -2.14. The van der Waals surface area contributed by atoms with Gasteiger partial charge in [0.2, 0.25) is 0 Å². The van der Waals surface area contributed by atoms with Crippen LogP contribution in [-0.2, 0) is 12.8 Å². The predicted octanol–water partition coefficient (Wildman–Crippen LogP) is 3.18. The molecule has 0 spiro atoms. The minimum absolute atomic E-state index is 0.0174. The highest BCUT2D eigenvalue weighted by Crippen LogP contribution is 2.25. The Balaban J connectivity index is 1.42. The maximum Gasteiger partial charge on any atom is 0.272 e. The second-order valence-corrected chi connectivity index (χ2v) is 7.61. The highest BCUT2D eigenvalue weighted by Gasteiger charge is 2.19. The molecule has 26 heavy (non-hydrogen) atoms. The minimum Gasteiger partial charge on any atom is -0.344 e. The monoisotopic (exact) mass is 352 g/mol. The zero-order valence-corrected chi connectivity index (χ0v) is 15.5. The van der Waals surface area contributed by atoms with Gasteiger partial charge in [0.05, 0.1) is 12.1 Å². The molecule has 1 saturated heterocycles. The molecule has 1 aromatic carbocycles. The van der Waals surface area contributed by atoms with Crippen molar-refractivity contribution in [2.75, 3.05) is 13.1 Å². The van der Waals surface area contributed by atoms with E-state index in [1.54, 1.807) is 0 Å². The number of carbonyl (C=O) groups excluding carboxylic acids is 1. The summed E-state index contributed by atoms with van der Waals surface area (Å²) in [6, 6.07) is 8.81. The summed E-state index contributed by atoms with van der Waals surface area (Å²) >= 11 is 0. The van der Waals surface area contributed by atoms with Crippen molar-refractivity contribution in [2.45, 2.75) is 57.5 Å². The van der Waals surface area contributed by atoms with Crippen LogP contribution in [0.2, 0.25) is 0 Å². The van der Waals surface area contributed by atoms with E-state index in [0.29, 0.717) is 11.7 Å². The number of rotatable bonds is 4. The standard InChI is InChI=1S/C21H28N4O/c1-15(17-9-8-16-5-2-3-6-18(16)13-17)23-21(26)20-10-12-25(24-20)19-7-4-11-22-14-19/h8-10,12-13,15,19,22H,2-7,11,14H2,1H3,(H,23,26). The van der Waals surface area contributed by atoms with Gasteiger partial charge in [-0.3, -0.25) is 9.48 Å². The van der Waals surface area contributed by atoms with E-state index in [-0.39, 0.29) is 11.9 Å². The van der Waals surface area contributed by atoms with Gasteiger partial charge in [0.1, 0.15) is 5.69 Å². The number of aromatic nitrogens is 2. The van der Waals surface area contributed by atoms with E-state index in [4.69, 9.17) is 0 Å². The first-order chi connectivity index (χ1) is 12.7. The zero-order valence-electron chi connectivity index (χ0n) is 15.5. The lowest BCUT2D eigenvalue weighted by atomic mass is 9.89. The van der Waals surface area contributed by atoms with Crippen LogP contribution in [0.5, 0.6) is 0 Å². The molecule has 2 unspecified atom stereocenters. The van der Waals surface area contributed by atoms with Gasteiger partial charge in [-0.05, 0) is 74.8 Å². The van der Waals surface area contributed by atoms with Crippen LogP contribution in [0.4, 0.5) is 0 Å². The summed E-state index contributed by atoms with van der Waals surface area (Å²) in [4.78, 5) is 12.6. The number of hydrogen-bond donors (Lipinski definition) is 2. The molecule has 2 aromatic rings. The first kappa shape index (κ1) is 17.3. The van der Waals surface area contributed by atoms with E-state index in [0.717, 1.165) is 32.4 Å². The number of aryl methyl sites for hydroxylation is 2. The molecule has 5 nitrogen and oxygen atoms in total. The molecule has 1 fully saturated rings. The summed E-state index contributed by atoms with van der Waals surface area (Å²) < 4.78 is 1.94. The Bertz CT molecular complexity index is 776. The lowest BCUT2D eigenvalue weighted by molar-refractivity contribution is 0.0933. The van der Waals surface area contributed by atoms with E-state index >= 15 is 0 Å². The fourth-order valence-electron chi connectivity index (χ4n) is 4.10. The van der Waals surface area contributed by atoms with E-state index in [1.165, 1.54) is 36.0 Å². The summed E-state index contributed by atoms with van der Waals surface area (Å²) in [5, 5.41) is 11.0. The third-order valence-corrected chi connectivity index (χ3v) is 5.71. The van der Waals surface area contributed by atoms with Gasteiger partial charge in [-0.1, -0.05) is 18.2 Å². The fraction of sp³-hybridized carbons (Fsp3) is 0.524. The highest BCUT2D eigenvalue weighted by molar-refractivity contribution is 5.92. The van der Waals surface area contributed by atoms with Gasteiger partial charge >= 0.3 is 0 Å². The van der Waals surface area contributed by atoms with Gasteiger partial charge in [0.15, 0.2) is 0 Å². The summed E-state index contributed by atoms with van der Waals surface area (Å²) in [5.41, 5.74) is 4.59. The number of benzene rings is 1. The summed E-state index contributed by atoms with van der Waals surface area (Å²) in [6.45, 7) is 4.04. The van der Waals surface area contributed by atoms with Crippen molar-refractivity contribution in [3.8, 4) is 0 Å². The Morgan fingerprint density at radius 2 is 2.08 bits per heavy atom. The Morgan fingerprint density at radius 1 is 1.23 bits per heavy atom. The second-order valence-electron chi connectivity index (χ2n) is 7.61. The smallest absolute Gasteiger partial charge is 0.272 e. The normalized spacial score (nSPS) is 21.0. The quantitative estimate of drug-likeness (QED) is 0.888. The SMILES string of the molecule is CC(NC(=O)c1ccn(C2CCCNC2)n1)c1ccc2c(c1)CCCC2. The second kappa shape index (κ2) is 7.62. The summed E-state index contributed by atoms with van der Waals surface area (Å²) in [7, 11) is 0. The number of amides is 1. The highest BCUT2D eigenvalue weighted by atomic mass is 16.2. The maximum absolute atomic E-state index is 12.6. The number of piperidine rings is 1. The van der Waals surface area contributed by atoms with Crippen molar-refractivity contribution in [3.63, 3.8) is 0 Å². The Morgan fingerprint density at radius 3 is 2.88 bits per heavy atom. The van der Waals surface area contributed by atoms with Gasteiger partial charge in [0, 0.05) is 12.7 Å². The number of fused-ring (bicyclic) bond motifs is 1. The zero-order chi connectivity index (χ0) is 17.9. The predicted molar refractivity (Wildman–Crippen MR) is 102 cm³/mol. The average molecular weight is 352 g/mol. The first-order valence-corrected chi connectivity index (χ1v) is 9.89. The van der Waals surface area contributed by atoms with E-state index in [1.807, 2.05) is 23.9 Å². The van der Waals surface area contributed by atoms with Crippen LogP contribution in [0.3, 0.4) is 0 Å². The lowest BCUT2D eigenvalue weighted by Crippen LogP contribution is -2.32. The molecule has 0 radical (unpaired) electrons. The molecule has 1 aromatic heterocycles. The number of carbonyl (C=O) groups is 1. The Kier molecular flexibility index (Phi) is 5.07. The number of hydrogen-bond acceptors (Lipinski definition) is 3. The van der Waals surface area contributed by atoms with Crippen molar-refractivity contribution >= 4 is 5.91 Å². The third kappa shape index (κ3) is 3.68. The summed E-state index contributed by atoms with van der Waals surface area (Å²) in [5.74, 6) is -0.0993. The number of nitrogens with zero attached hydrogens (tertiary/aromatic N) is 2. The van der Waals surface area contributed by atoms with Crippen LogP contribution in [-0.4, -0.2) is 28.8 Å². The average Bonchev–Trinajstić information content (AvgIpc) is 3.18. The van der Waals surface area contributed by atoms with Gasteiger partial charge < -0.3 is 10.6 Å². The molecule has 2 heterocycles. The molecule has 4 rings (SSSR count). The van der Waals surface area contributed by atoms with Crippen LogP contribution in [0.25, 0.3) is 0 Å². The van der Waals surface area contributed by atoms with Crippen molar-refractivity contribution in [2.24, 2.45) is 0 Å². The van der Waals surface area contributed by atoms with Gasteiger partial charge in [-0.25, -0.2) is 0 Å². The van der Waals surface area contributed by atoms with E-state index in [2.05, 4.69) is 33.9 Å². The molecule has 1 aliphatic carbocycles. The van der Waals surface area contributed by atoms with Crippen LogP contribution in [0, 0.1) is 0 Å². The van der Waals surface area contributed by atoms with Crippen molar-refractivity contribution in [1.29, 1.82) is 0 Å². The molecule has 2 atom stereocenters. The molecule has 138 valence electrons. The number of nitrogens with one attached hydrogen (secondary N) is 2. The molecule has 0 saturated carbocycles. The van der Waals surface area contributed by atoms with Crippen molar-refractivity contribution < 1.29 is 4.79 Å². The molecular weight excluding hydrogens is 324 g/mol. The van der Waals surface area contributed by atoms with Gasteiger partial charge in [0.25, 0.3) is 5.91 Å². The summed E-state index contributed by atoms with van der Waals surface area (Å²) in [6.07, 6.45) is 9.09. The van der Waals surface area contributed by atoms with Gasteiger partial charge in [-0.2, -0.15) is 5.10 Å². The maximum atomic E-state index is 12.6. The molecule has 2 N–H and O–H groups in total. The molecule has 1 aliphatic heterocycles. The van der Waals surface area contributed by atoms with Crippen LogP contribution < -0.4 is 10.6 Å². The molecule has 2 aliphatic rings. The largest absolute Gasteiger partial charge is 0.344 e. The van der Waals surface area contributed by atoms with Crippen LogP contribution in [0.1, 0.15) is 71.9 Å². The van der Waals surface area contributed by atoms with E-state index in [9.17, 15) is 4.79 Å². The topological polar surface area (TPSA) is 59.0 Å². The third-order valence-electron chi connectivity index (χ3n) is 5.71. The van der Waals surface area contributed by atoms with Crippen LogP contribution in [0.15, 0.2) is 30.5 Å². The first-order valence-electron chi connectivity index (χ1n) is 9.89. The van der Waals surface area contributed by atoms with Crippen molar-refractivity contribution in [3.05, 3.63) is 52.8 Å². The molecular formula is C21H28N4O. The molecule has 5 heteroatoms.